The van der Waals surface area contributed by atoms with Crippen LogP contribution in [-0.4, -0.2) is 11.5 Å². The van der Waals surface area contributed by atoms with Crippen LogP contribution in [0.5, 0.6) is 0 Å². The van der Waals surface area contributed by atoms with Gasteiger partial charge in [0.05, 0.1) is 10.7 Å². The number of aryl methyl sites for hydroxylation is 2. The standard InChI is InChI=1S/C17H24N2S/c1-4-18-12-15-17(13(2)3)19-16(20-15)11-10-14-8-6-5-7-9-14/h5-9,13,18H,4,10-12H2,1-3H3. The predicted octanol–water partition coefficient (Wildman–Crippen LogP) is 4.16. The van der Waals surface area contributed by atoms with Crippen molar-refractivity contribution in [1.82, 2.24) is 10.3 Å². The molecule has 0 atom stereocenters. The number of benzene rings is 1. The lowest BCUT2D eigenvalue weighted by atomic mass is 10.1. The second kappa shape index (κ2) is 7.55. The van der Waals surface area contributed by atoms with Crippen molar-refractivity contribution in [3.8, 4) is 0 Å². The molecule has 3 heteroatoms. The normalized spacial score (nSPS) is 11.2. The molecule has 20 heavy (non-hydrogen) atoms. The van der Waals surface area contributed by atoms with Crippen molar-refractivity contribution in [2.24, 2.45) is 0 Å². The lowest BCUT2D eigenvalue weighted by Crippen LogP contribution is -2.12. The van der Waals surface area contributed by atoms with Crippen LogP contribution in [0.1, 0.15) is 47.8 Å². The van der Waals surface area contributed by atoms with E-state index in [1.165, 1.54) is 21.1 Å². The van der Waals surface area contributed by atoms with Crippen LogP contribution in [0.4, 0.5) is 0 Å². The number of aromatic nitrogens is 1. The largest absolute Gasteiger partial charge is 0.312 e. The third-order valence-corrected chi connectivity index (χ3v) is 4.46. The quantitative estimate of drug-likeness (QED) is 0.827. The number of hydrogen-bond donors (Lipinski definition) is 1. The molecule has 0 radical (unpaired) electrons. The van der Waals surface area contributed by atoms with Gasteiger partial charge in [0.1, 0.15) is 0 Å². The van der Waals surface area contributed by atoms with E-state index in [0.29, 0.717) is 5.92 Å². The van der Waals surface area contributed by atoms with Gasteiger partial charge in [-0.25, -0.2) is 4.98 Å². The van der Waals surface area contributed by atoms with Gasteiger partial charge in [-0.15, -0.1) is 11.3 Å². The van der Waals surface area contributed by atoms with Gasteiger partial charge in [-0.3, -0.25) is 0 Å². The first-order chi connectivity index (χ1) is 9.70. The number of nitrogens with zero attached hydrogens (tertiary/aromatic N) is 1. The Balaban J connectivity index is 2.04. The molecule has 1 aromatic carbocycles. The Hall–Kier alpha value is -1.19. The van der Waals surface area contributed by atoms with Gasteiger partial charge in [-0.05, 0) is 24.4 Å². The highest BCUT2D eigenvalue weighted by molar-refractivity contribution is 7.11. The zero-order valence-corrected chi connectivity index (χ0v) is 13.5. The zero-order valence-electron chi connectivity index (χ0n) is 12.6. The summed E-state index contributed by atoms with van der Waals surface area (Å²) >= 11 is 1.87. The van der Waals surface area contributed by atoms with Crippen LogP contribution >= 0.6 is 11.3 Å². The Kier molecular flexibility index (Phi) is 5.74. The summed E-state index contributed by atoms with van der Waals surface area (Å²) in [4.78, 5) is 6.26. The predicted molar refractivity (Wildman–Crippen MR) is 87.4 cm³/mol. The molecule has 0 aliphatic rings. The highest BCUT2D eigenvalue weighted by atomic mass is 32.1. The first-order valence-electron chi connectivity index (χ1n) is 7.43. The fourth-order valence-corrected chi connectivity index (χ4v) is 3.43. The van der Waals surface area contributed by atoms with Crippen molar-refractivity contribution < 1.29 is 0 Å². The monoisotopic (exact) mass is 288 g/mol. The summed E-state index contributed by atoms with van der Waals surface area (Å²) in [6.07, 6.45) is 2.12. The molecular formula is C17H24N2S. The molecule has 0 aliphatic carbocycles. The van der Waals surface area contributed by atoms with E-state index in [4.69, 9.17) is 4.98 Å². The van der Waals surface area contributed by atoms with Crippen LogP contribution in [0.2, 0.25) is 0 Å². The van der Waals surface area contributed by atoms with Crippen molar-refractivity contribution in [3.63, 3.8) is 0 Å². The SMILES string of the molecule is CCNCc1sc(CCc2ccccc2)nc1C(C)C. The number of thiazole rings is 1. The molecule has 0 spiro atoms. The van der Waals surface area contributed by atoms with Gasteiger partial charge in [0.25, 0.3) is 0 Å². The molecule has 0 saturated heterocycles. The van der Waals surface area contributed by atoms with Gasteiger partial charge in [0.15, 0.2) is 0 Å². The van der Waals surface area contributed by atoms with Crippen molar-refractivity contribution in [3.05, 3.63) is 51.5 Å². The van der Waals surface area contributed by atoms with E-state index in [0.717, 1.165) is 25.9 Å². The molecule has 1 N–H and O–H groups in total. The molecule has 2 rings (SSSR count). The summed E-state index contributed by atoms with van der Waals surface area (Å²) in [6.45, 7) is 8.56. The summed E-state index contributed by atoms with van der Waals surface area (Å²) in [5, 5.41) is 4.69. The van der Waals surface area contributed by atoms with Crippen LogP contribution in [0, 0.1) is 0 Å². The molecule has 0 amide bonds. The number of hydrogen-bond acceptors (Lipinski definition) is 3. The van der Waals surface area contributed by atoms with Gasteiger partial charge >= 0.3 is 0 Å². The maximum Gasteiger partial charge on any atom is 0.0935 e. The average molecular weight is 288 g/mol. The molecule has 0 saturated carbocycles. The molecule has 0 aliphatic heterocycles. The minimum atomic E-state index is 0.505. The van der Waals surface area contributed by atoms with Gasteiger partial charge in [0, 0.05) is 17.8 Å². The Labute approximate surface area is 126 Å². The first-order valence-corrected chi connectivity index (χ1v) is 8.25. The van der Waals surface area contributed by atoms with Crippen molar-refractivity contribution in [1.29, 1.82) is 0 Å². The highest BCUT2D eigenvalue weighted by Gasteiger charge is 2.13. The minimum absolute atomic E-state index is 0.505. The van der Waals surface area contributed by atoms with Gasteiger partial charge in [-0.2, -0.15) is 0 Å². The maximum atomic E-state index is 4.86. The molecule has 108 valence electrons. The highest BCUT2D eigenvalue weighted by Crippen LogP contribution is 2.26. The first kappa shape index (κ1) is 15.2. The summed E-state index contributed by atoms with van der Waals surface area (Å²) in [5.41, 5.74) is 2.67. The fraction of sp³-hybridized carbons (Fsp3) is 0.471. The summed E-state index contributed by atoms with van der Waals surface area (Å²) in [5.74, 6) is 0.505. The molecule has 0 unspecified atom stereocenters. The van der Waals surface area contributed by atoms with Crippen molar-refractivity contribution >= 4 is 11.3 Å². The van der Waals surface area contributed by atoms with E-state index in [1.807, 2.05) is 11.3 Å². The van der Waals surface area contributed by atoms with E-state index < -0.39 is 0 Å². The summed E-state index contributed by atoms with van der Waals surface area (Å²) in [6, 6.07) is 10.7. The van der Waals surface area contributed by atoms with Crippen LogP contribution in [-0.2, 0) is 19.4 Å². The molecule has 2 aromatic rings. The minimum Gasteiger partial charge on any atom is -0.312 e. The van der Waals surface area contributed by atoms with Gasteiger partial charge in [-0.1, -0.05) is 51.1 Å². The second-order valence-electron chi connectivity index (χ2n) is 5.34. The fourth-order valence-electron chi connectivity index (χ4n) is 2.23. The van der Waals surface area contributed by atoms with Crippen LogP contribution in [0.15, 0.2) is 30.3 Å². The van der Waals surface area contributed by atoms with E-state index in [2.05, 4.69) is 56.4 Å². The summed E-state index contributed by atoms with van der Waals surface area (Å²) < 4.78 is 0. The number of rotatable bonds is 7. The summed E-state index contributed by atoms with van der Waals surface area (Å²) in [7, 11) is 0. The van der Waals surface area contributed by atoms with Crippen molar-refractivity contribution in [2.45, 2.75) is 46.1 Å². The second-order valence-corrected chi connectivity index (χ2v) is 6.50. The van der Waals surface area contributed by atoms with E-state index in [1.54, 1.807) is 0 Å². The van der Waals surface area contributed by atoms with Gasteiger partial charge < -0.3 is 5.32 Å². The topological polar surface area (TPSA) is 24.9 Å². The van der Waals surface area contributed by atoms with E-state index in [-0.39, 0.29) is 0 Å². The van der Waals surface area contributed by atoms with Crippen molar-refractivity contribution in [2.75, 3.05) is 6.54 Å². The molecule has 2 nitrogen and oxygen atoms in total. The van der Waals surface area contributed by atoms with E-state index in [9.17, 15) is 0 Å². The Bertz CT molecular complexity index is 517. The molecule has 0 bridgehead atoms. The Morgan fingerprint density at radius 1 is 1.15 bits per heavy atom. The van der Waals surface area contributed by atoms with E-state index >= 15 is 0 Å². The van der Waals surface area contributed by atoms with Crippen LogP contribution in [0.3, 0.4) is 0 Å². The zero-order chi connectivity index (χ0) is 14.4. The lowest BCUT2D eigenvalue weighted by Gasteiger charge is -2.04. The Morgan fingerprint density at radius 2 is 1.90 bits per heavy atom. The molecule has 0 fully saturated rings. The Morgan fingerprint density at radius 3 is 2.55 bits per heavy atom. The maximum absolute atomic E-state index is 4.86. The van der Waals surface area contributed by atoms with Crippen LogP contribution in [0.25, 0.3) is 0 Å². The average Bonchev–Trinajstić information content (AvgIpc) is 2.87. The molecule has 1 heterocycles. The third-order valence-electron chi connectivity index (χ3n) is 3.32. The number of nitrogens with one attached hydrogen (secondary N) is 1. The molecular weight excluding hydrogens is 264 g/mol. The smallest absolute Gasteiger partial charge is 0.0935 e. The third kappa shape index (κ3) is 4.15. The lowest BCUT2D eigenvalue weighted by molar-refractivity contribution is 0.713. The van der Waals surface area contributed by atoms with Gasteiger partial charge in [0.2, 0.25) is 0 Å². The molecule has 1 aromatic heterocycles. The van der Waals surface area contributed by atoms with Crippen LogP contribution < -0.4 is 5.32 Å².